The summed E-state index contributed by atoms with van der Waals surface area (Å²) in [5.41, 5.74) is 3.04. The zero-order valence-corrected chi connectivity index (χ0v) is 16.9. The molecule has 5 rings (SSSR count). The molecule has 1 amide bonds. The van der Waals surface area contributed by atoms with Crippen LogP contribution in [0.5, 0.6) is 0 Å². The van der Waals surface area contributed by atoms with Crippen molar-refractivity contribution in [3.8, 4) is 11.3 Å². The lowest BCUT2D eigenvalue weighted by Crippen LogP contribution is -2.30. The molecular weight excluding hydrogens is 384 g/mol. The molecule has 8 heteroatoms. The van der Waals surface area contributed by atoms with Crippen molar-refractivity contribution < 1.29 is 4.79 Å². The number of aryl methyl sites for hydroxylation is 1. The number of hydrogen-bond acceptors (Lipinski definition) is 6. The number of carbonyl (C=O) groups excluding carboxylic acids is 1. The minimum Gasteiger partial charge on any atom is -0.355 e. The van der Waals surface area contributed by atoms with Crippen molar-refractivity contribution in [2.24, 2.45) is 0 Å². The molecule has 0 spiro atoms. The highest BCUT2D eigenvalue weighted by molar-refractivity contribution is 7.99. The first-order valence-electron chi connectivity index (χ1n) is 9.97. The van der Waals surface area contributed by atoms with E-state index < -0.39 is 0 Å². The van der Waals surface area contributed by atoms with Crippen molar-refractivity contribution >= 4 is 29.2 Å². The van der Waals surface area contributed by atoms with E-state index in [1.165, 1.54) is 19.3 Å². The maximum atomic E-state index is 12.5. The van der Waals surface area contributed by atoms with Crippen LogP contribution in [0.2, 0.25) is 0 Å². The Morgan fingerprint density at radius 3 is 2.52 bits per heavy atom. The van der Waals surface area contributed by atoms with Gasteiger partial charge in [0.2, 0.25) is 0 Å². The van der Waals surface area contributed by atoms with E-state index in [2.05, 4.69) is 36.2 Å². The number of aromatic nitrogens is 4. The lowest BCUT2D eigenvalue weighted by atomic mass is 10.1. The van der Waals surface area contributed by atoms with Crippen LogP contribution in [-0.4, -0.2) is 44.5 Å². The van der Waals surface area contributed by atoms with Crippen molar-refractivity contribution in [1.29, 1.82) is 0 Å². The predicted octanol–water partition coefficient (Wildman–Crippen LogP) is 3.69. The van der Waals surface area contributed by atoms with Crippen LogP contribution in [0.3, 0.4) is 0 Å². The summed E-state index contributed by atoms with van der Waals surface area (Å²) in [4.78, 5) is 19.4. The topological polar surface area (TPSA) is 75.9 Å². The fourth-order valence-corrected chi connectivity index (χ4v) is 4.65. The van der Waals surface area contributed by atoms with Gasteiger partial charge in [0.25, 0.3) is 5.91 Å². The highest BCUT2D eigenvalue weighted by atomic mass is 32.2. The molecule has 0 radical (unpaired) electrons. The number of carbonyl (C=O) groups is 1. The second kappa shape index (κ2) is 7.87. The summed E-state index contributed by atoms with van der Waals surface area (Å²) in [6, 6.07) is 11.4. The zero-order valence-electron chi connectivity index (χ0n) is 16.0. The summed E-state index contributed by atoms with van der Waals surface area (Å²) in [6.45, 7) is 3.02. The first-order valence-corrected chi connectivity index (χ1v) is 11.0. The fraction of sp³-hybridized carbons (Fsp3) is 0.333. The normalized spacial score (nSPS) is 15.9. The lowest BCUT2D eigenvalue weighted by molar-refractivity contribution is 0.102. The Labute approximate surface area is 173 Å². The highest BCUT2D eigenvalue weighted by Gasteiger charge is 2.16. The van der Waals surface area contributed by atoms with Crippen LogP contribution >= 0.6 is 11.8 Å². The Morgan fingerprint density at radius 2 is 1.79 bits per heavy atom. The summed E-state index contributed by atoms with van der Waals surface area (Å²) < 4.78 is 2.18. The third-order valence-electron chi connectivity index (χ3n) is 5.30. The van der Waals surface area contributed by atoms with Gasteiger partial charge in [0.1, 0.15) is 0 Å². The average molecular weight is 407 g/mol. The number of nitrogens with one attached hydrogen (secondary N) is 1. The van der Waals surface area contributed by atoms with Crippen molar-refractivity contribution in [1.82, 2.24) is 19.7 Å². The van der Waals surface area contributed by atoms with E-state index in [1.807, 2.05) is 30.3 Å². The number of amides is 1. The van der Waals surface area contributed by atoms with Gasteiger partial charge in [-0.25, -0.2) is 4.98 Å². The molecule has 1 fully saturated rings. The summed E-state index contributed by atoms with van der Waals surface area (Å²) in [5.74, 6) is 1.68. The number of thioether (sulfide) groups is 1. The number of hydrogen-bond donors (Lipinski definition) is 1. The quantitative estimate of drug-likeness (QED) is 0.712. The van der Waals surface area contributed by atoms with Crippen molar-refractivity contribution in [3.63, 3.8) is 0 Å². The van der Waals surface area contributed by atoms with E-state index in [0.29, 0.717) is 5.69 Å². The molecule has 0 bridgehead atoms. The third kappa shape index (κ3) is 3.85. The van der Waals surface area contributed by atoms with Gasteiger partial charge in [-0.2, -0.15) is 0 Å². The SMILES string of the molecule is O=C(Nc1ccc(-c2cn3c(n2)SCC3)cc1)c1ccc(N2CCCCC2)nn1. The van der Waals surface area contributed by atoms with E-state index in [1.54, 1.807) is 17.8 Å². The third-order valence-corrected chi connectivity index (χ3v) is 6.28. The van der Waals surface area contributed by atoms with Gasteiger partial charge in [-0.1, -0.05) is 23.9 Å². The minimum atomic E-state index is -0.257. The van der Waals surface area contributed by atoms with Crippen LogP contribution in [-0.2, 0) is 6.54 Å². The van der Waals surface area contributed by atoms with Gasteiger partial charge in [-0.05, 0) is 43.5 Å². The molecule has 1 saturated heterocycles. The summed E-state index contributed by atoms with van der Waals surface area (Å²) >= 11 is 1.78. The Kier molecular flexibility index (Phi) is 4.93. The Morgan fingerprint density at radius 1 is 0.966 bits per heavy atom. The Bertz CT molecular complexity index is 987. The molecule has 2 aliphatic rings. The molecule has 2 aliphatic heterocycles. The molecule has 1 aromatic carbocycles. The Hall–Kier alpha value is -2.87. The molecule has 0 aliphatic carbocycles. The van der Waals surface area contributed by atoms with Crippen LogP contribution in [0.25, 0.3) is 11.3 Å². The molecule has 0 atom stereocenters. The van der Waals surface area contributed by atoms with E-state index in [-0.39, 0.29) is 5.91 Å². The largest absolute Gasteiger partial charge is 0.355 e. The van der Waals surface area contributed by atoms with Crippen LogP contribution in [0, 0.1) is 0 Å². The highest BCUT2D eigenvalue weighted by Crippen LogP contribution is 2.29. The van der Waals surface area contributed by atoms with Crippen molar-refractivity contribution in [2.75, 3.05) is 29.1 Å². The van der Waals surface area contributed by atoms with Gasteiger partial charge in [-0.3, -0.25) is 4.79 Å². The van der Waals surface area contributed by atoms with Gasteiger partial charge in [-0.15, -0.1) is 10.2 Å². The van der Waals surface area contributed by atoms with Crippen LogP contribution in [0.15, 0.2) is 47.8 Å². The van der Waals surface area contributed by atoms with Crippen LogP contribution in [0.4, 0.5) is 11.5 Å². The second-order valence-electron chi connectivity index (χ2n) is 7.31. The molecule has 0 saturated carbocycles. The van der Waals surface area contributed by atoms with Crippen molar-refractivity contribution in [3.05, 3.63) is 48.3 Å². The number of nitrogens with zero attached hydrogens (tertiary/aromatic N) is 5. The molecule has 1 N–H and O–H groups in total. The van der Waals surface area contributed by atoms with E-state index in [0.717, 1.165) is 53.3 Å². The zero-order chi connectivity index (χ0) is 19.6. The molecule has 148 valence electrons. The standard InChI is InChI=1S/C21H22N6OS/c28-20(17-8-9-19(25-24-17)26-10-2-1-3-11-26)22-16-6-4-15(5-7-16)18-14-27-12-13-29-21(27)23-18/h4-9,14H,1-3,10-13H2,(H,22,28). The maximum absolute atomic E-state index is 12.5. The number of piperidine rings is 1. The van der Waals surface area contributed by atoms with Crippen LogP contribution in [0.1, 0.15) is 29.8 Å². The summed E-state index contributed by atoms with van der Waals surface area (Å²) in [5, 5.41) is 12.3. The number of anilines is 2. The van der Waals surface area contributed by atoms with Gasteiger partial charge in [0.05, 0.1) is 5.69 Å². The molecule has 4 heterocycles. The van der Waals surface area contributed by atoms with Gasteiger partial charge in [0, 0.05) is 42.8 Å². The van der Waals surface area contributed by atoms with E-state index in [4.69, 9.17) is 0 Å². The average Bonchev–Trinajstić information content (AvgIpc) is 3.38. The maximum Gasteiger partial charge on any atom is 0.276 e. The first kappa shape index (κ1) is 18.2. The fourth-order valence-electron chi connectivity index (χ4n) is 3.71. The first-order chi connectivity index (χ1) is 14.3. The molecule has 3 aromatic rings. The number of fused-ring (bicyclic) bond motifs is 1. The summed E-state index contributed by atoms with van der Waals surface area (Å²) in [7, 11) is 0. The second-order valence-corrected chi connectivity index (χ2v) is 8.37. The van der Waals surface area contributed by atoms with Gasteiger partial charge in [0.15, 0.2) is 16.7 Å². The molecule has 2 aromatic heterocycles. The van der Waals surface area contributed by atoms with E-state index in [9.17, 15) is 4.79 Å². The van der Waals surface area contributed by atoms with E-state index >= 15 is 0 Å². The lowest BCUT2D eigenvalue weighted by Gasteiger charge is -2.27. The Balaban J connectivity index is 1.24. The van der Waals surface area contributed by atoms with Gasteiger partial charge < -0.3 is 14.8 Å². The predicted molar refractivity (Wildman–Crippen MR) is 114 cm³/mol. The minimum absolute atomic E-state index is 0.257. The monoisotopic (exact) mass is 406 g/mol. The summed E-state index contributed by atoms with van der Waals surface area (Å²) in [6.07, 6.45) is 5.72. The van der Waals surface area contributed by atoms with Crippen LogP contribution < -0.4 is 10.2 Å². The molecule has 7 nitrogen and oxygen atoms in total. The number of imidazole rings is 1. The molecule has 29 heavy (non-hydrogen) atoms. The smallest absolute Gasteiger partial charge is 0.276 e. The van der Waals surface area contributed by atoms with Gasteiger partial charge >= 0.3 is 0 Å². The molecular formula is C21H22N6OS. The number of rotatable bonds is 4. The molecule has 0 unspecified atom stereocenters. The number of benzene rings is 1. The van der Waals surface area contributed by atoms with Crippen molar-refractivity contribution in [2.45, 2.75) is 31.0 Å².